The van der Waals surface area contributed by atoms with Crippen LogP contribution in [0.2, 0.25) is 0 Å². The van der Waals surface area contributed by atoms with Crippen molar-refractivity contribution >= 4 is 28.1 Å². The van der Waals surface area contributed by atoms with Crippen LogP contribution >= 0.6 is 0 Å². The van der Waals surface area contributed by atoms with E-state index in [2.05, 4.69) is 10.2 Å². The molecule has 0 amide bonds. The van der Waals surface area contributed by atoms with Crippen LogP contribution < -0.4 is 5.11 Å². The number of nitrogens with zero attached hydrogens (tertiary/aromatic N) is 2. The highest BCUT2D eigenvalue weighted by Crippen LogP contribution is 2.34. The van der Waals surface area contributed by atoms with Gasteiger partial charge in [-0.05, 0) is 17.5 Å². The molecule has 22 heavy (non-hydrogen) atoms. The highest BCUT2D eigenvalue weighted by atomic mass is 16.4. The lowest BCUT2D eigenvalue weighted by Gasteiger charge is -2.11. The van der Waals surface area contributed by atoms with E-state index >= 15 is 0 Å². The van der Waals surface area contributed by atoms with Crippen molar-refractivity contribution in [1.82, 2.24) is 0 Å². The second-order valence-corrected chi connectivity index (χ2v) is 4.66. The van der Waals surface area contributed by atoms with E-state index in [0.29, 0.717) is 5.39 Å². The van der Waals surface area contributed by atoms with Gasteiger partial charge < -0.3 is 10.2 Å². The number of hydrogen-bond donors (Lipinski definition) is 1. The van der Waals surface area contributed by atoms with Gasteiger partial charge in [-0.2, -0.15) is 5.11 Å². The first-order valence-electron chi connectivity index (χ1n) is 6.59. The minimum absolute atomic E-state index is 0.0407. The van der Waals surface area contributed by atoms with Crippen molar-refractivity contribution < 1.29 is 15.0 Å². The van der Waals surface area contributed by atoms with E-state index in [0.717, 1.165) is 5.39 Å². The number of fused-ring (bicyclic) bond motifs is 1. The molecule has 3 rings (SSSR count). The fourth-order valence-corrected chi connectivity index (χ4v) is 2.18. The van der Waals surface area contributed by atoms with E-state index in [-0.39, 0.29) is 22.7 Å². The number of carboxylic acid groups (broad SMARTS) is 1. The Morgan fingerprint density at radius 1 is 0.909 bits per heavy atom. The van der Waals surface area contributed by atoms with E-state index in [1.54, 1.807) is 30.3 Å². The molecule has 1 N–H and O–H groups in total. The van der Waals surface area contributed by atoms with Crippen LogP contribution in [0, 0.1) is 0 Å². The summed E-state index contributed by atoms with van der Waals surface area (Å²) in [5.74, 6) is -1.34. The van der Waals surface area contributed by atoms with Gasteiger partial charge in [0, 0.05) is 5.39 Å². The smallest absolute Gasteiger partial charge is 0.337 e. The Labute approximate surface area is 126 Å². The fraction of sp³-hybridized carbons (Fsp3) is 0. The molecule has 0 fully saturated rings. The summed E-state index contributed by atoms with van der Waals surface area (Å²) in [6, 6.07) is 16.8. The van der Waals surface area contributed by atoms with E-state index < -0.39 is 5.97 Å². The fourth-order valence-electron chi connectivity index (χ4n) is 2.18. The van der Waals surface area contributed by atoms with Crippen molar-refractivity contribution in [3.8, 4) is 5.75 Å². The van der Waals surface area contributed by atoms with Gasteiger partial charge >= 0.3 is 5.97 Å². The summed E-state index contributed by atoms with van der Waals surface area (Å²) < 4.78 is 0. The first-order chi connectivity index (χ1) is 10.7. The van der Waals surface area contributed by atoms with Crippen molar-refractivity contribution in [2.24, 2.45) is 10.2 Å². The SMILES string of the molecule is O=C(O)c1ccccc1N=Nc1c([O-])ccc2ccccc12. The van der Waals surface area contributed by atoms with Gasteiger partial charge in [0.1, 0.15) is 5.69 Å². The predicted octanol–water partition coefficient (Wildman–Crippen LogP) is 4.03. The van der Waals surface area contributed by atoms with Crippen molar-refractivity contribution in [2.45, 2.75) is 0 Å². The molecular formula is C17H11N2O3-. The van der Waals surface area contributed by atoms with Gasteiger partial charge in [-0.15, -0.1) is 5.11 Å². The maximum atomic E-state index is 12.0. The maximum Gasteiger partial charge on any atom is 0.337 e. The van der Waals surface area contributed by atoms with Crippen molar-refractivity contribution in [3.63, 3.8) is 0 Å². The van der Waals surface area contributed by atoms with Gasteiger partial charge in [-0.3, -0.25) is 0 Å². The molecule has 0 atom stereocenters. The van der Waals surface area contributed by atoms with Gasteiger partial charge in [-0.1, -0.05) is 54.3 Å². The molecule has 0 spiro atoms. The molecule has 0 aliphatic carbocycles. The minimum Gasteiger partial charge on any atom is -0.871 e. The number of hydrogen-bond acceptors (Lipinski definition) is 4. The number of benzene rings is 3. The Morgan fingerprint density at radius 3 is 2.45 bits per heavy atom. The van der Waals surface area contributed by atoms with Crippen LogP contribution in [0.3, 0.4) is 0 Å². The number of carboxylic acids is 1. The van der Waals surface area contributed by atoms with Gasteiger partial charge in [0.25, 0.3) is 0 Å². The van der Waals surface area contributed by atoms with Crippen LogP contribution in [0.1, 0.15) is 10.4 Å². The largest absolute Gasteiger partial charge is 0.871 e. The molecule has 3 aromatic rings. The Balaban J connectivity index is 2.11. The normalized spacial score (nSPS) is 11.1. The van der Waals surface area contributed by atoms with Gasteiger partial charge in [-0.25, -0.2) is 4.79 Å². The summed E-state index contributed by atoms with van der Waals surface area (Å²) in [4.78, 5) is 11.1. The third-order valence-corrected chi connectivity index (χ3v) is 3.26. The number of carbonyl (C=O) groups is 1. The Kier molecular flexibility index (Phi) is 3.53. The average Bonchev–Trinajstić information content (AvgIpc) is 2.54. The third-order valence-electron chi connectivity index (χ3n) is 3.26. The van der Waals surface area contributed by atoms with Crippen LogP contribution in [0.5, 0.6) is 5.75 Å². The Hall–Kier alpha value is -3.21. The predicted molar refractivity (Wildman–Crippen MR) is 81.0 cm³/mol. The zero-order chi connectivity index (χ0) is 15.5. The number of rotatable bonds is 3. The molecule has 0 radical (unpaired) electrons. The Bertz CT molecular complexity index is 888. The summed E-state index contributed by atoms with van der Waals surface area (Å²) in [6.45, 7) is 0. The first-order valence-corrected chi connectivity index (χ1v) is 6.59. The molecular weight excluding hydrogens is 280 g/mol. The van der Waals surface area contributed by atoms with Crippen molar-refractivity contribution in [1.29, 1.82) is 0 Å². The molecule has 3 aromatic carbocycles. The lowest BCUT2D eigenvalue weighted by atomic mass is 10.1. The van der Waals surface area contributed by atoms with Gasteiger partial charge in [0.15, 0.2) is 0 Å². The molecule has 0 bridgehead atoms. The number of azo groups is 1. The molecule has 0 unspecified atom stereocenters. The summed E-state index contributed by atoms with van der Waals surface area (Å²) in [6.07, 6.45) is 0. The lowest BCUT2D eigenvalue weighted by Crippen LogP contribution is -1.95. The molecule has 0 saturated heterocycles. The minimum atomic E-state index is -1.09. The second kappa shape index (κ2) is 5.65. The molecule has 0 aromatic heterocycles. The van der Waals surface area contributed by atoms with Crippen molar-refractivity contribution in [2.75, 3.05) is 0 Å². The van der Waals surface area contributed by atoms with Crippen LogP contribution in [-0.2, 0) is 0 Å². The summed E-state index contributed by atoms with van der Waals surface area (Å²) in [7, 11) is 0. The topological polar surface area (TPSA) is 85.1 Å². The molecule has 0 heterocycles. The standard InChI is InChI=1S/C17H12N2O3/c20-15-10-9-11-5-1-2-6-12(11)16(15)19-18-14-8-4-3-7-13(14)17(21)22/h1-10,20H,(H,21,22)/p-1. The lowest BCUT2D eigenvalue weighted by molar-refractivity contribution is -0.267. The Morgan fingerprint density at radius 2 is 1.64 bits per heavy atom. The molecule has 108 valence electrons. The van der Waals surface area contributed by atoms with Crippen LogP contribution in [0.4, 0.5) is 11.4 Å². The summed E-state index contributed by atoms with van der Waals surface area (Å²) in [5.41, 5.74) is 0.458. The molecule has 5 nitrogen and oxygen atoms in total. The highest BCUT2D eigenvalue weighted by molar-refractivity contribution is 5.95. The van der Waals surface area contributed by atoms with E-state index in [1.807, 2.05) is 18.2 Å². The van der Waals surface area contributed by atoms with Crippen LogP contribution in [-0.4, -0.2) is 11.1 Å². The van der Waals surface area contributed by atoms with Crippen LogP contribution in [0.25, 0.3) is 10.8 Å². The monoisotopic (exact) mass is 291 g/mol. The molecule has 0 aliphatic rings. The third kappa shape index (κ3) is 2.52. The quantitative estimate of drug-likeness (QED) is 0.739. The second-order valence-electron chi connectivity index (χ2n) is 4.66. The maximum absolute atomic E-state index is 12.0. The zero-order valence-corrected chi connectivity index (χ0v) is 11.4. The van der Waals surface area contributed by atoms with E-state index in [9.17, 15) is 9.90 Å². The summed E-state index contributed by atoms with van der Waals surface area (Å²) in [5, 5.41) is 30.6. The molecule has 0 aliphatic heterocycles. The van der Waals surface area contributed by atoms with Crippen molar-refractivity contribution in [3.05, 3.63) is 66.2 Å². The molecule has 5 heteroatoms. The highest BCUT2D eigenvalue weighted by Gasteiger charge is 2.08. The van der Waals surface area contributed by atoms with Gasteiger partial charge in [0.2, 0.25) is 0 Å². The number of aromatic carboxylic acids is 1. The average molecular weight is 291 g/mol. The van der Waals surface area contributed by atoms with E-state index in [4.69, 9.17) is 5.11 Å². The van der Waals surface area contributed by atoms with Gasteiger partial charge in [0.05, 0.1) is 11.3 Å². The molecule has 0 saturated carbocycles. The van der Waals surface area contributed by atoms with E-state index in [1.165, 1.54) is 12.1 Å². The van der Waals surface area contributed by atoms with Crippen LogP contribution in [0.15, 0.2) is 70.9 Å². The zero-order valence-electron chi connectivity index (χ0n) is 11.4. The summed E-state index contributed by atoms with van der Waals surface area (Å²) >= 11 is 0. The first kappa shape index (κ1) is 13.8.